The molecule has 0 aliphatic heterocycles. The summed E-state index contributed by atoms with van der Waals surface area (Å²) < 4.78 is 10.9. The number of ether oxygens (including phenoxy) is 1. The van der Waals surface area contributed by atoms with Gasteiger partial charge in [-0.25, -0.2) is 4.79 Å². The molecule has 0 aliphatic carbocycles. The van der Waals surface area contributed by atoms with Gasteiger partial charge < -0.3 is 14.5 Å². The van der Waals surface area contributed by atoms with Crippen LogP contribution in [0.1, 0.15) is 38.3 Å². The average Bonchev–Trinajstić information content (AvgIpc) is 2.46. The minimum absolute atomic E-state index is 0.0776. The molecule has 2 aromatic rings. The fourth-order valence-electron chi connectivity index (χ4n) is 2.30. The van der Waals surface area contributed by atoms with E-state index in [1.54, 1.807) is 6.07 Å². The maximum Gasteiger partial charge on any atom is 0.336 e. The first-order valence-corrected chi connectivity index (χ1v) is 7.71. The molecule has 0 saturated heterocycles. The Balaban J connectivity index is 2.20. The van der Waals surface area contributed by atoms with Gasteiger partial charge in [0.15, 0.2) is 6.61 Å². The number of hydrogen-bond donors (Lipinski definition) is 1. The van der Waals surface area contributed by atoms with E-state index in [-0.39, 0.29) is 18.1 Å². The van der Waals surface area contributed by atoms with Crippen molar-refractivity contribution in [3.63, 3.8) is 0 Å². The maximum atomic E-state index is 12.0. The van der Waals surface area contributed by atoms with Crippen molar-refractivity contribution in [3.05, 3.63) is 39.7 Å². The molecule has 5 heteroatoms. The third-order valence-electron chi connectivity index (χ3n) is 4.04. The largest absolute Gasteiger partial charge is 0.483 e. The molecule has 5 nitrogen and oxygen atoms in total. The Morgan fingerprint density at radius 3 is 2.65 bits per heavy atom. The van der Waals surface area contributed by atoms with Crippen molar-refractivity contribution in [2.75, 3.05) is 6.61 Å². The van der Waals surface area contributed by atoms with E-state index >= 15 is 0 Å². The Hall–Kier alpha value is -2.30. The third kappa shape index (κ3) is 3.92. The minimum Gasteiger partial charge on any atom is -0.483 e. The van der Waals surface area contributed by atoms with Gasteiger partial charge in [-0.3, -0.25) is 4.79 Å². The lowest BCUT2D eigenvalue weighted by molar-refractivity contribution is -0.124. The molecule has 0 saturated carbocycles. The summed E-state index contributed by atoms with van der Waals surface area (Å²) in [4.78, 5) is 23.5. The Morgan fingerprint density at radius 2 is 2.00 bits per heavy atom. The number of fused-ring (bicyclic) bond motifs is 1. The van der Waals surface area contributed by atoms with Crippen molar-refractivity contribution in [3.8, 4) is 5.75 Å². The van der Waals surface area contributed by atoms with Crippen LogP contribution < -0.4 is 15.7 Å². The Kier molecular flexibility index (Phi) is 4.78. The zero-order chi connectivity index (χ0) is 17.2. The van der Waals surface area contributed by atoms with Crippen LogP contribution >= 0.6 is 0 Å². The van der Waals surface area contributed by atoms with E-state index in [0.29, 0.717) is 16.9 Å². The van der Waals surface area contributed by atoms with Crippen LogP contribution in [-0.2, 0) is 4.79 Å². The second-order valence-corrected chi connectivity index (χ2v) is 6.39. The molecular formula is C18H23NO4. The SMILES string of the molecule is CCC(C)(C)NC(=O)COc1ccc2c(C)cc(=O)oc2c1C. The first kappa shape index (κ1) is 17.1. The van der Waals surface area contributed by atoms with Gasteiger partial charge in [-0.2, -0.15) is 0 Å². The van der Waals surface area contributed by atoms with E-state index in [9.17, 15) is 9.59 Å². The van der Waals surface area contributed by atoms with Crippen molar-refractivity contribution in [2.45, 2.75) is 46.6 Å². The van der Waals surface area contributed by atoms with E-state index < -0.39 is 5.63 Å². The van der Waals surface area contributed by atoms with E-state index in [2.05, 4.69) is 5.32 Å². The zero-order valence-electron chi connectivity index (χ0n) is 14.3. The fraction of sp³-hybridized carbons (Fsp3) is 0.444. The lowest BCUT2D eigenvalue weighted by Gasteiger charge is -2.24. The molecule has 0 bridgehead atoms. The van der Waals surface area contributed by atoms with E-state index in [0.717, 1.165) is 17.4 Å². The first-order chi connectivity index (χ1) is 10.7. The van der Waals surface area contributed by atoms with Gasteiger partial charge in [0.1, 0.15) is 11.3 Å². The summed E-state index contributed by atoms with van der Waals surface area (Å²) in [6, 6.07) is 5.09. The van der Waals surface area contributed by atoms with E-state index in [1.807, 2.05) is 40.7 Å². The molecule has 0 fully saturated rings. The molecule has 0 unspecified atom stereocenters. The smallest absolute Gasteiger partial charge is 0.336 e. The molecule has 1 aromatic heterocycles. The predicted octanol–water partition coefficient (Wildman–Crippen LogP) is 3.09. The monoisotopic (exact) mass is 317 g/mol. The van der Waals surface area contributed by atoms with Gasteiger partial charge in [0.2, 0.25) is 0 Å². The molecule has 1 N–H and O–H groups in total. The second-order valence-electron chi connectivity index (χ2n) is 6.39. The normalized spacial score (nSPS) is 11.5. The number of nitrogens with one attached hydrogen (secondary N) is 1. The highest BCUT2D eigenvalue weighted by atomic mass is 16.5. The maximum absolute atomic E-state index is 12.0. The van der Waals surface area contributed by atoms with Gasteiger partial charge in [-0.15, -0.1) is 0 Å². The van der Waals surface area contributed by atoms with Gasteiger partial charge in [0.25, 0.3) is 5.91 Å². The Morgan fingerprint density at radius 1 is 1.30 bits per heavy atom. The third-order valence-corrected chi connectivity index (χ3v) is 4.04. The highest BCUT2D eigenvalue weighted by Crippen LogP contribution is 2.28. The average molecular weight is 317 g/mol. The summed E-state index contributed by atoms with van der Waals surface area (Å²) in [6.45, 7) is 9.53. The molecule has 0 radical (unpaired) electrons. The van der Waals surface area contributed by atoms with Crippen LogP contribution in [0.4, 0.5) is 0 Å². The van der Waals surface area contributed by atoms with Gasteiger partial charge in [-0.05, 0) is 51.8 Å². The van der Waals surface area contributed by atoms with Crippen LogP contribution in [0.15, 0.2) is 27.4 Å². The number of carbonyl (C=O) groups is 1. The number of aryl methyl sites for hydroxylation is 2. The van der Waals surface area contributed by atoms with Crippen molar-refractivity contribution in [1.29, 1.82) is 0 Å². The van der Waals surface area contributed by atoms with Gasteiger partial charge >= 0.3 is 5.63 Å². The van der Waals surface area contributed by atoms with E-state index in [4.69, 9.17) is 9.15 Å². The zero-order valence-corrected chi connectivity index (χ0v) is 14.3. The van der Waals surface area contributed by atoms with Crippen LogP contribution in [0.25, 0.3) is 11.0 Å². The summed E-state index contributed by atoms with van der Waals surface area (Å²) >= 11 is 0. The molecule has 1 aromatic carbocycles. The summed E-state index contributed by atoms with van der Waals surface area (Å²) in [5.41, 5.74) is 1.42. The van der Waals surface area contributed by atoms with Crippen LogP contribution in [0, 0.1) is 13.8 Å². The molecule has 0 spiro atoms. The highest BCUT2D eigenvalue weighted by Gasteiger charge is 2.18. The molecule has 124 valence electrons. The number of amides is 1. The summed E-state index contributed by atoms with van der Waals surface area (Å²) in [6.07, 6.45) is 0.832. The minimum atomic E-state index is -0.391. The topological polar surface area (TPSA) is 68.5 Å². The standard InChI is InChI=1S/C18H23NO4/c1-6-18(4,5)19-15(20)10-22-14-8-7-13-11(2)9-16(21)23-17(13)12(14)3/h7-9H,6,10H2,1-5H3,(H,19,20). The summed E-state index contributed by atoms with van der Waals surface area (Å²) in [5.74, 6) is 0.359. The van der Waals surface area contributed by atoms with Gasteiger partial charge in [0.05, 0.1) is 0 Å². The molecule has 0 atom stereocenters. The van der Waals surface area contributed by atoms with Crippen molar-refractivity contribution in [1.82, 2.24) is 5.32 Å². The Labute approximate surface area is 135 Å². The second kappa shape index (κ2) is 6.44. The van der Waals surface area contributed by atoms with Crippen LogP contribution in [-0.4, -0.2) is 18.1 Å². The van der Waals surface area contributed by atoms with Crippen LogP contribution in [0.3, 0.4) is 0 Å². The first-order valence-electron chi connectivity index (χ1n) is 7.71. The van der Waals surface area contributed by atoms with Crippen molar-refractivity contribution >= 4 is 16.9 Å². The Bertz CT molecular complexity index is 789. The van der Waals surface area contributed by atoms with Crippen LogP contribution in [0.5, 0.6) is 5.75 Å². The summed E-state index contributed by atoms with van der Waals surface area (Å²) in [7, 11) is 0. The molecule has 1 amide bonds. The quantitative estimate of drug-likeness (QED) is 0.860. The molecule has 1 heterocycles. The van der Waals surface area contributed by atoms with Gasteiger partial charge in [-0.1, -0.05) is 6.92 Å². The molecule has 2 rings (SSSR count). The number of hydrogen-bond acceptors (Lipinski definition) is 4. The predicted molar refractivity (Wildman–Crippen MR) is 90.0 cm³/mol. The van der Waals surface area contributed by atoms with E-state index in [1.165, 1.54) is 6.07 Å². The number of benzene rings is 1. The highest BCUT2D eigenvalue weighted by molar-refractivity contribution is 5.85. The molecular weight excluding hydrogens is 294 g/mol. The lowest BCUT2D eigenvalue weighted by Crippen LogP contribution is -2.44. The number of carbonyl (C=O) groups excluding carboxylic acids is 1. The number of rotatable bonds is 5. The van der Waals surface area contributed by atoms with Crippen molar-refractivity contribution in [2.24, 2.45) is 0 Å². The van der Waals surface area contributed by atoms with Crippen LogP contribution in [0.2, 0.25) is 0 Å². The lowest BCUT2D eigenvalue weighted by atomic mass is 10.0. The van der Waals surface area contributed by atoms with Gasteiger partial charge in [0, 0.05) is 22.6 Å². The molecule has 23 heavy (non-hydrogen) atoms. The fourth-order valence-corrected chi connectivity index (χ4v) is 2.30. The summed E-state index contributed by atoms with van der Waals surface area (Å²) in [5, 5.41) is 3.78. The van der Waals surface area contributed by atoms with Crippen molar-refractivity contribution < 1.29 is 13.9 Å². The molecule has 0 aliphatic rings.